The average molecular weight is 463 g/mol. The molecule has 34 heavy (non-hydrogen) atoms. The molecule has 1 aliphatic heterocycles. The van der Waals surface area contributed by atoms with Crippen molar-refractivity contribution in [1.29, 1.82) is 0 Å². The summed E-state index contributed by atoms with van der Waals surface area (Å²) in [7, 11) is 2.06. The molecule has 0 atom stereocenters. The molecule has 1 saturated heterocycles. The summed E-state index contributed by atoms with van der Waals surface area (Å²) in [5, 5.41) is 7.60. The van der Waals surface area contributed by atoms with Crippen molar-refractivity contribution in [3.05, 3.63) is 83.6 Å². The van der Waals surface area contributed by atoms with Crippen LogP contribution in [0.25, 0.3) is 16.9 Å². The zero-order valence-corrected chi connectivity index (χ0v) is 18.7. The molecular weight excluding hydrogens is 438 g/mol. The SMILES string of the molecule is CN1CCN(C(=O)c2ccc(-c3cnc4ccc(NCc5cc(F)ccc5F)nn34)cc2)CC1. The fraction of sp³-hybridized carbons (Fsp3) is 0.240. The Balaban J connectivity index is 1.34. The Morgan fingerprint density at radius 1 is 1.00 bits per heavy atom. The Labute approximate surface area is 195 Å². The fourth-order valence-corrected chi connectivity index (χ4v) is 4.00. The van der Waals surface area contributed by atoms with Crippen LogP contribution in [0.4, 0.5) is 14.6 Å². The number of likely N-dealkylation sites (N-methyl/N-ethyl adjacent to an activating group) is 1. The summed E-state index contributed by atoms with van der Waals surface area (Å²) in [6, 6.07) is 14.3. The lowest BCUT2D eigenvalue weighted by Gasteiger charge is -2.32. The maximum atomic E-state index is 13.9. The number of carbonyl (C=O) groups is 1. The number of carbonyl (C=O) groups excluding carboxylic acids is 1. The molecule has 2 aromatic heterocycles. The van der Waals surface area contributed by atoms with Crippen molar-refractivity contribution in [2.45, 2.75) is 6.54 Å². The van der Waals surface area contributed by atoms with E-state index in [0.717, 1.165) is 55.6 Å². The first-order chi connectivity index (χ1) is 16.5. The van der Waals surface area contributed by atoms with E-state index < -0.39 is 11.6 Å². The maximum absolute atomic E-state index is 13.9. The largest absolute Gasteiger partial charge is 0.364 e. The van der Waals surface area contributed by atoms with Gasteiger partial charge in [0, 0.05) is 49.4 Å². The zero-order valence-electron chi connectivity index (χ0n) is 18.7. The smallest absolute Gasteiger partial charge is 0.253 e. The van der Waals surface area contributed by atoms with Crippen LogP contribution in [0.2, 0.25) is 0 Å². The second kappa shape index (κ2) is 9.18. The van der Waals surface area contributed by atoms with Gasteiger partial charge in [0.1, 0.15) is 17.5 Å². The highest BCUT2D eigenvalue weighted by Crippen LogP contribution is 2.22. The van der Waals surface area contributed by atoms with Crippen molar-refractivity contribution in [1.82, 2.24) is 24.4 Å². The number of piperazine rings is 1. The van der Waals surface area contributed by atoms with Gasteiger partial charge in [0.15, 0.2) is 5.65 Å². The number of rotatable bonds is 5. The molecule has 3 heterocycles. The number of hydrogen-bond acceptors (Lipinski definition) is 5. The molecular formula is C25H24F2N6O. The Kier molecular flexibility index (Phi) is 5.93. The highest BCUT2D eigenvalue weighted by Gasteiger charge is 2.20. The monoisotopic (exact) mass is 462 g/mol. The first kappa shape index (κ1) is 22.0. The third-order valence-electron chi connectivity index (χ3n) is 6.05. The van der Waals surface area contributed by atoms with Crippen LogP contribution >= 0.6 is 0 Å². The average Bonchev–Trinajstić information content (AvgIpc) is 3.28. The van der Waals surface area contributed by atoms with Crippen LogP contribution < -0.4 is 5.32 Å². The molecule has 7 nitrogen and oxygen atoms in total. The second-order valence-electron chi connectivity index (χ2n) is 8.39. The van der Waals surface area contributed by atoms with Crippen LogP contribution in [0.15, 0.2) is 60.8 Å². The molecule has 0 radical (unpaired) electrons. The minimum Gasteiger partial charge on any atom is -0.364 e. The van der Waals surface area contributed by atoms with Gasteiger partial charge in [-0.3, -0.25) is 4.79 Å². The molecule has 4 aromatic rings. The van der Waals surface area contributed by atoms with Crippen molar-refractivity contribution in [2.24, 2.45) is 0 Å². The van der Waals surface area contributed by atoms with Gasteiger partial charge in [0.2, 0.25) is 0 Å². The van der Waals surface area contributed by atoms with Gasteiger partial charge in [-0.05, 0) is 49.5 Å². The van der Waals surface area contributed by atoms with Crippen molar-refractivity contribution in [2.75, 3.05) is 38.5 Å². The van der Waals surface area contributed by atoms with E-state index in [1.54, 1.807) is 22.8 Å². The molecule has 0 bridgehead atoms. The van der Waals surface area contributed by atoms with Gasteiger partial charge in [0.05, 0.1) is 11.9 Å². The highest BCUT2D eigenvalue weighted by atomic mass is 19.1. The minimum atomic E-state index is -0.493. The molecule has 1 aliphatic rings. The Bertz CT molecular complexity index is 1330. The third-order valence-corrected chi connectivity index (χ3v) is 6.05. The summed E-state index contributed by atoms with van der Waals surface area (Å²) in [6.07, 6.45) is 1.72. The summed E-state index contributed by atoms with van der Waals surface area (Å²) >= 11 is 0. The predicted octanol–water partition coefficient (Wildman–Crippen LogP) is 3.67. The molecule has 0 unspecified atom stereocenters. The normalized spacial score (nSPS) is 14.5. The van der Waals surface area contributed by atoms with Crippen LogP contribution in [0.3, 0.4) is 0 Å². The minimum absolute atomic E-state index is 0.0342. The lowest BCUT2D eigenvalue weighted by atomic mass is 10.1. The highest BCUT2D eigenvalue weighted by molar-refractivity contribution is 5.94. The van der Waals surface area contributed by atoms with Crippen LogP contribution in [0, 0.1) is 11.6 Å². The lowest BCUT2D eigenvalue weighted by molar-refractivity contribution is 0.0664. The van der Waals surface area contributed by atoms with Crippen molar-refractivity contribution in [3.63, 3.8) is 0 Å². The van der Waals surface area contributed by atoms with E-state index in [0.29, 0.717) is 17.0 Å². The van der Waals surface area contributed by atoms with Crippen molar-refractivity contribution in [3.8, 4) is 11.3 Å². The van der Waals surface area contributed by atoms with Crippen LogP contribution in [-0.4, -0.2) is 63.5 Å². The van der Waals surface area contributed by atoms with Gasteiger partial charge in [0.25, 0.3) is 5.91 Å². The molecule has 1 fully saturated rings. The maximum Gasteiger partial charge on any atom is 0.253 e. The number of anilines is 1. The van der Waals surface area contributed by atoms with Crippen molar-refractivity contribution < 1.29 is 13.6 Å². The van der Waals surface area contributed by atoms with Gasteiger partial charge in [-0.1, -0.05) is 12.1 Å². The van der Waals surface area contributed by atoms with Gasteiger partial charge in [-0.2, -0.15) is 0 Å². The van der Waals surface area contributed by atoms with E-state index in [-0.39, 0.29) is 18.0 Å². The standard InChI is InChI=1S/C25H24F2N6O/c1-31-10-12-32(13-11-31)25(34)18-4-2-17(3-5-18)22-16-29-24-9-8-23(30-33(22)24)28-15-19-14-20(26)6-7-21(19)27/h2-9,14,16H,10-13,15H2,1H3,(H,28,30). The number of benzene rings is 2. The third kappa shape index (κ3) is 4.47. The van der Waals surface area contributed by atoms with E-state index in [2.05, 4.69) is 27.3 Å². The molecule has 1 N–H and O–H groups in total. The van der Waals surface area contributed by atoms with E-state index in [1.165, 1.54) is 0 Å². The molecule has 9 heteroatoms. The second-order valence-corrected chi connectivity index (χ2v) is 8.39. The number of nitrogens with zero attached hydrogens (tertiary/aromatic N) is 5. The lowest BCUT2D eigenvalue weighted by Crippen LogP contribution is -2.47. The summed E-state index contributed by atoms with van der Waals surface area (Å²) in [5.41, 5.74) is 3.13. The molecule has 2 aromatic carbocycles. The predicted molar refractivity (Wildman–Crippen MR) is 126 cm³/mol. The topological polar surface area (TPSA) is 65.8 Å². The molecule has 1 amide bonds. The van der Waals surface area contributed by atoms with Crippen LogP contribution in [0.1, 0.15) is 15.9 Å². The first-order valence-corrected chi connectivity index (χ1v) is 11.1. The van der Waals surface area contributed by atoms with Crippen molar-refractivity contribution >= 4 is 17.4 Å². The summed E-state index contributed by atoms with van der Waals surface area (Å²) in [4.78, 5) is 21.3. The number of imidazole rings is 1. The van der Waals surface area contributed by atoms with Crippen LogP contribution in [0.5, 0.6) is 0 Å². The van der Waals surface area contributed by atoms with E-state index in [9.17, 15) is 13.6 Å². The number of fused-ring (bicyclic) bond motifs is 1. The molecule has 5 rings (SSSR count). The number of nitrogens with one attached hydrogen (secondary N) is 1. The van der Waals surface area contributed by atoms with E-state index in [1.807, 2.05) is 29.2 Å². The first-order valence-electron chi connectivity index (χ1n) is 11.1. The summed E-state index contributed by atoms with van der Waals surface area (Å²) in [5.74, 6) is -0.443. The molecule has 0 spiro atoms. The number of aromatic nitrogens is 3. The van der Waals surface area contributed by atoms with Gasteiger partial charge < -0.3 is 15.1 Å². The van der Waals surface area contributed by atoms with Gasteiger partial charge in [-0.25, -0.2) is 18.3 Å². The molecule has 0 saturated carbocycles. The van der Waals surface area contributed by atoms with Gasteiger partial charge >= 0.3 is 0 Å². The van der Waals surface area contributed by atoms with E-state index >= 15 is 0 Å². The van der Waals surface area contributed by atoms with Gasteiger partial charge in [-0.15, -0.1) is 5.10 Å². The summed E-state index contributed by atoms with van der Waals surface area (Å²) < 4.78 is 29.0. The number of amides is 1. The molecule has 174 valence electrons. The fourth-order valence-electron chi connectivity index (χ4n) is 4.00. The van der Waals surface area contributed by atoms with E-state index in [4.69, 9.17) is 0 Å². The Morgan fingerprint density at radius 3 is 2.53 bits per heavy atom. The molecule has 0 aliphatic carbocycles. The van der Waals surface area contributed by atoms with Crippen LogP contribution in [-0.2, 0) is 6.54 Å². The zero-order chi connectivity index (χ0) is 23.7. The Morgan fingerprint density at radius 2 is 1.76 bits per heavy atom. The summed E-state index contributed by atoms with van der Waals surface area (Å²) in [6.45, 7) is 3.29. The number of halogens is 2. The quantitative estimate of drug-likeness (QED) is 0.490. The number of hydrogen-bond donors (Lipinski definition) is 1. The Hall–Kier alpha value is -3.85.